The minimum atomic E-state index is 0.457. The molecule has 0 aromatic carbocycles. The molecule has 0 spiro atoms. The molecular formula is C16H22N6. The average molecular weight is 298 g/mol. The highest BCUT2D eigenvalue weighted by molar-refractivity contribution is 5.40. The lowest BCUT2D eigenvalue weighted by molar-refractivity contribution is 0.406. The van der Waals surface area contributed by atoms with Gasteiger partial charge in [-0.15, -0.1) is 5.10 Å². The Morgan fingerprint density at radius 3 is 2.77 bits per heavy atom. The van der Waals surface area contributed by atoms with Crippen molar-refractivity contribution in [1.29, 1.82) is 0 Å². The van der Waals surface area contributed by atoms with Crippen LogP contribution in [0.4, 0.5) is 5.82 Å². The molecule has 1 aliphatic heterocycles. The summed E-state index contributed by atoms with van der Waals surface area (Å²) in [5, 5.41) is 8.10. The van der Waals surface area contributed by atoms with E-state index >= 15 is 0 Å². The fourth-order valence-electron chi connectivity index (χ4n) is 3.25. The quantitative estimate of drug-likeness (QED) is 0.871. The lowest BCUT2D eigenvalue weighted by Gasteiger charge is -2.22. The van der Waals surface area contributed by atoms with Crippen molar-refractivity contribution in [2.24, 2.45) is 0 Å². The van der Waals surface area contributed by atoms with E-state index in [0.717, 1.165) is 49.7 Å². The van der Waals surface area contributed by atoms with Crippen molar-refractivity contribution in [2.75, 3.05) is 18.0 Å². The molecule has 1 aliphatic carbocycles. The molecule has 0 amide bonds. The Balaban J connectivity index is 1.51. The van der Waals surface area contributed by atoms with E-state index in [0.29, 0.717) is 12.0 Å². The number of anilines is 1. The molecule has 1 unspecified atom stereocenters. The van der Waals surface area contributed by atoms with Gasteiger partial charge >= 0.3 is 0 Å². The van der Waals surface area contributed by atoms with Crippen LogP contribution in [0.15, 0.2) is 18.5 Å². The molecule has 3 heterocycles. The van der Waals surface area contributed by atoms with Gasteiger partial charge in [0, 0.05) is 37.0 Å². The summed E-state index contributed by atoms with van der Waals surface area (Å²) < 4.78 is 2.00. The maximum absolute atomic E-state index is 4.83. The predicted molar refractivity (Wildman–Crippen MR) is 83.9 cm³/mol. The summed E-state index contributed by atoms with van der Waals surface area (Å²) in [4.78, 5) is 11.9. The van der Waals surface area contributed by atoms with Crippen molar-refractivity contribution in [2.45, 2.75) is 51.0 Å². The second kappa shape index (κ2) is 5.66. The summed E-state index contributed by atoms with van der Waals surface area (Å²) >= 11 is 0. The summed E-state index contributed by atoms with van der Waals surface area (Å²) in [7, 11) is 0. The zero-order chi connectivity index (χ0) is 14.9. The smallest absolute Gasteiger partial charge is 0.134 e. The summed E-state index contributed by atoms with van der Waals surface area (Å²) in [5.41, 5.74) is 1.09. The second-order valence-electron chi connectivity index (χ2n) is 6.45. The molecule has 1 saturated carbocycles. The SMILES string of the molecule is Cc1cc(N2CCCC(n3ccnn3)CC2)nc(C2CC2)n1. The lowest BCUT2D eigenvalue weighted by Crippen LogP contribution is -2.26. The van der Waals surface area contributed by atoms with E-state index in [9.17, 15) is 0 Å². The lowest BCUT2D eigenvalue weighted by atomic mass is 10.1. The number of hydrogen-bond donors (Lipinski definition) is 0. The number of aromatic nitrogens is 5. The summed E-state index contributed by atoms with van der Waals surface area (Å²) in [6.45, 7) is 4.16. The van der Waals surface area contributed by atoms with Gasteiger partial charge in [0.15, 0.2) is 0 Å². The van der Waals surface area contributed by atoms with Crippen LogP contribution >= 0.6 is 0 Å². The number of aryl methyl sites for hydroxylation is 1. The molecule has 2 aromatic rings. The Kier molecular flexibility index (Phi) is 3.52. The van der Waals surface area contributed by atoms with E-state index in [1.807, 2.05) is 10.9 Å². The first-order valence-electron chi connectivity index (χ1n) is 8.26. The molecule has 6 heteroatoms. The van der Waals surface area contributed by atoms with Crippen LogP contribution in [0.3, 0.4) is 0 Å². The van der Waals surface area contributed by atoms with Crippen LogP contribution in [0.2, 0.25) is 0 Å². The molecule has 2 aliphatic rings. The first-order chi connectivity index (χ1) is 10.8. The van der Waals surface area contributed by atoms with Crippen LogP contribution < -0.4 is 4.90 Å². The van der Waals surface area contributed by atoms with Crippen molar-refractivity contribution >= 4 is 5.82 Å². The molecule has 2 aromatic heterocycles. The van der Waals surface area contributed by atoms with Crippen molar-refractivity contribution in [3.63, 3.8) is 0 Å². The number of nitrogens with zero attached hydrogens (tertiary/aromatic N) is 6. The van der Waals surface area contributed by atoms with Crippen molar-refractivity contribution < 1.29 is 0 Å². The second-order valence-corrected chi connectivity index (χ2v) is 6.45. The van der Waals surface area contributed by atoms with Gasteiger partial charge in [-0.25, -0.2) is 14.6 Å². The van der Waals surface area contributed by atoms with Gasteiger partial charge < -0.3 is 4.90 Å². The number of rotatable bonds is 3. The first kappa shape index (κ1) is 13.7. The maximum atomic E-state index is 4.83. The van der Waals surface area contributed by atoms with E-state index in [2.05, 4.69) is 33.2 Å². The largest absolute Gasteiger partial charge is 0.356 e. The van der Waals surface area contributed by atoms with Gasteiger partial charge in [-0.2, -0.15) is 0 Å². The maximum Gasteiger partial charge on any atom is 0.134 e. The zero-order valence-electron chi connectivity index (χ0n) is 13.0. The molecule has 1 saturated heterocycles. The van der Waals surface area contributed by atoms with E-state index in [1.165, 1.54) is 12.8 Å². The van der Waals surface area contributed by atoms with Gasteiger partial charge in [0.2, 0.25) is 0 Å². The molecule has 0 radical (unpaired) electrons. The predicted octanol–water partition coefficient (Wildman–Crippen LogP) is 2.49. The van der Waals surface area contributed by atoms with E-state index in [4.69, 9.17) is 4.98 Å². The van der Waals surface area contributed by atoms with Crippen LogP contribution in [0, 0.1) is 6.92 Å². The molecule has 22 heavy (non-hydrogen) atoms. The summed E-state index contributed by atoms with van der Waals surface area (Å²) in [5.74, 6) is 2.76. The van der Waals surface area contributed by atoms with Gasteiger partial charge in [-0.1, -0.05) is 5.21 Å². The van der Waals surface area contributed by atoms with Gasteiger partial charge in [-0.05, 0) is 39.0 Å². The van der Waals surface area contributed by atoms with Crippen LogP contribution in [-0.4, -0.2) is 38.1 Å². The van der Waals surface area contributed by atoms with Crippen LogP contribution in [0.5, 0.6) is 0 Å². The van der Waals surface area contributed by atoms with E-state index < -0.39 is 0 Å². The van der Waals surface area contributed by atoms with Gasteiger partial charge in [0.1, 0.15) is 11.6 Å². The fraction of sp³-hybridized carbons (Fsp3) is 0.625. The standard InChI is InChI=1S/C16H22N6/c1-12-11-15(19-16(18-12)13-4-5-13)21-8-2-3-14(6-9-21)22-10-7-17-20-22/h7,10-11,13-14H,2-6,8-9H2,1H3. The monoisotopic (exact) mass is 298 g/mol. The minimum Gasteiger partial charge on any atom is -0.356 e. The molecular weight excluding hydrogens is 276 g/mol. The average Bonchev–Trinajstić information content (AvgIpc) is 3.28. The van der Waals surface area contributed by atoms with Crippen molar-refractivity contribution in [1.82, 2.24) is 25.0 Å². The minimum absolute atomic E-state index is 0.457. The highest BCUT2D eigenvalue weighted by Gasteiger charge is 2.28. The van der Waals surface area contributed by atoms with Gasteiger partial charge in [0.05, 0.1) is 12.2 Å². The highest BCUT2D eigenvalue weighted by atomic mass is 15.4. The topological polar surface area (TPSA) is 59.7 Å². The highest BCUT2D eigenvalue weighted by Crippen LogP contribution is 2.38. The van der Waals surface area contributed by atoms with Gasteiger partial charge in [0.25, 0.3) is 0 Å². The Bertz CT molecular complexity index is 634. The third-order valence-electron chi connectivity index (χ3n) is 4.64. The van der Waals surface area contributed by atoms with Crippen LogP contribution in [-0.2, 0) is 0 Å². The molecule has 0 N–H and O–H groups in total. The molecule has 0 bridgehead atoms. The molecule has 6 nitrogen and oxygen atoms in total. The van der Waals surface area contributed by atoms with E-state index in [-0.39, 0.29) is 0 Å². The summed E-state index contributed by atoms with van der Waals surface area (Å²) in [6.07, 6.45) is 9.63. The van der Waals surface area contributed by atoms with E-state index in [1.54, 1.807) is 6.20 Å². The van der Waals surface area contributed by atoms with Crippen LogP contribution in [0.1, 0.15) is 55.6 Å². The molecule has 116 valence electrons. The van der Waals surface area contributed by atoms with Gasteiger partial charge in [-0.3, -0.25) is 0 Å². The Labute approximate surface area is 130 Å². The third-order valence-corrected chi connectivity index (χ3v) is 4.64. The van der Waals surface area contributed by atoms with Crippen molar-refractivity contribution in [3.8, 4) is 0 Å². The fourth-order valence-corrected chi connectivity index (χ4v) is 3.25. The molecule has 2 fully saturated rings. The zero-order valence-corrected chi connectivity index (χ0v) is 13.0. The third kappa shape index (κ3) is 2.82. The Morgan fingerprint density at radius 1 is 1.09 bits per heavy atom. The normalized spacial score (nSPS) is 22.6. The Morgan fingerprint density at radius 2 is 2.00 bits per heavy atom. The first-order valence-corrected chi connectivity index (χ1v) is 8.26. The van der Waals surface area contributed by atoms with Crippen LogP contribution in [0.25, 0.3) is 0 Å². The molecule has 4 rings (SSSR count). The Hall–Kier alpha value is -1.98. The van der Waals surface area contributed by atoms with Crippen molar-refractivity contribution in [3.05, 3.63) is 30.0 Å². The number of hydrogen-bond acceptors (Lipinski definition) is 5. The molecule has 1 atom stereocenters. The summed E-state index contributed by atoms with van der Waals surface area (Å²) in [6, 6.07) is 2.58.